The van der Waals surface area contributed by atoms with Crippen LogP contribution in [0.2, 0.25) is 0 Å². The second-order valence-corrected chi connectivity index (χ2v) is 3.71. The lowest BCUT2D eigenvalue weighted by molar-refractivity contribution is 0.303. The highest BCUT2D eigenvalue weighted by Crippen LogP contribution is 2.19. The molecule has 0 amide bonds. The Labute approximate surface area is 98.7 Å². The summed E-state index contributed by atoms with van der Waals surface area (Å²) in [4.78, 5) is 0. The fourth-order valence-electron chi connectivity index (χ4n) is 1.50. The quantitative estimate of drug-likeness (QED) is 0.786. The number of hydrogen-bond donors (Lipinski definition) is 0. The first-order valence-corrected chi connectivity index (χ1v) is 5.21. The topological polar surface area (TPSA) is 9.23 Å². The lowest BCUT2D eigenvalue weighted by Gasteiger charge is -2.08. The summed E-state index contributed by atoms with van der Waals surface area (Å²) >= 11 is 0. The van der Waals surface area contributed by atoms with Gasteiger partial charge in [0.1, 0.15) is 24.0 Å². The first-order chi connectivity index (χ1) is 8.15. The molecule has 87 valence electrons. The maximum absolute atomic E-state index is 12.9. The highest BCUT2D eigenvalue weighted by atomic mass is 19.1. The Morgan fingerprint density at radius 1 is 1.18 bits per heavy atom. The molecule has 0 spiro atoms. The van der Waals surface area contributed by atoms with Crippen molar-refractivity contribution >= 4 is 0 Å². The van der Waals surface area contributed by atoms with Crippen LogP contribution in [0, 0.1) is 24.6 Å². The van der Waals surface area contributed by atoms with E-state index in [9.17, 15) is 8.78 Å². The number of ether oxygens (including phenoxy) is 1. The monoisotopic (exact) mass is 233 g/mol. The van der Waals surface area contributed by atoms with Crippen molar-refractivity contribution in [1.82, 2.24) is 0 Å². The van der Waals surface area contributed by atoms with E-state index in [2.05, 4.69) is 6.07 Å². The van der Waals surface area contributed by atoms with Gasteiger partial charge in [0, 0.05) is 11.6 Å². The maximum atomic E-state index is 12.9. The summed E-state index contributed by atoms with van der Waals surface area (Å²) in [5.74, 6) is -0.162. The minimum absolute atomic E-state index is 0.248. The van der Waals surface area contributed by atoms with E-state index in [1.54, 1.807) is 25.1 Å². The smallest absolute Gasteiger partial charge is 0.131 e. The van der Waals surface area contributed by atoms with E-state index in [1.807, 2.05) is 0 Å². The minimum atomic E-state index is -0.416. The number of benzene rings is 2. The summed E-state index contributed by atoms with van der Waals surface area (Å²) < 4.78 is 31.2. The molecule has 3 heteroatoms. The van der Waals surface area contributed by atoms with Crippen LogP contribution in [0.1, 0.15) is 11.1 Å². The van der Waals surface area contributed by atoms with E-state index in [-0.39, 0.29) is 12.4 Å². The Kier molecular flexibility index (Phi) is 3.38. The van der Waals surface area contributed by atoms with Crippen molar-refractivity contribution in [3.8, 4) is 5.75 Å². The molecule has 0 unspecified atom stereocenters. The molecular formula is C14H11F2O. The second-order valence-electron chi connectivity index (χ2n) is 3.71. The third-order valence-corrected chi connectivity index (χ3v) is 2.34. The Morgan fingerprint density at radius 2 is 2.00 bits per heavy atom. The van der Waals surface area contributed by atoms with Crippen LogP contribution in [0.5, 0.6) is 5.75 Å². The molecule has 0 saturated heterocycles. The van der Waals surface area contributed by atoms with E-state index in [0.717, 1.165) is 5.56 Å². The van der Waals surface area contributed by atoms with Gasteiger partial charge in [-0.15, -0.1) is 0 Å². The zero-order valence-corrected chi connectivity index (χ0v) is 9.34. The Bertz CT molecular complexity index is 523. The van der Waals surface area contributed by atoms with E-state index < -0.39 is 5.82 Å². The van der Waals surface area contributed by atoms with Gasteiger partial charge in [-0.25, -0.2) is 8.78 Å². The lowest BCUT2D eigenvalue weighted by atomic mass is 10.2. The molecule has 0 aromatic heterocycles. The van der Waals surface area contributed by atoms with Crippen molar-refractivity contribution in [2.75, 3.05) is 0 Å². The van der Waals surface area contributed by atoms with Gasteiger partial charge < -0.3 is 4.74 Å². The molecule has 0 atom stereocenters. The molecule has 0 heterocycles. The van der Waals surface area contributed by atoms with Gasteiger partial charge in [-0.2, -0.15) is 0 Å². The third kappa shape index (κ3) is 3.03. The van der Waals surface area contributed by atoms with Gasteiger partial charge in [0.05, 0.1) is 0 Å². The molecule has 17 heavy (non-hydrogen) atoms. The van der Waals surface area contributed by atoms with E-state index >= 15 is 0 Å². The molecule has 2 aromatic carbocycles. The molecule has 0 saturated carbocycles. The summed E-state index contributed by atoms with van der Waals surface area (Å²) in [7, 11) is 0. The lowest BCUT2D eigenvalue weighted by Crippen LogP contribution is -1.97. The average Bonchev–Trinajstić information content (AvgIpc) is 2.28. The van der Waals surface area contributed by atoms with Gasteiger partial charge >= 0.3 is 0 Å². The molecule has 2 rings (SSSR count). The molecule has 1 nitrogen and oxygen atoms in total. The van der Waals surface area contributed by atoms with Crippen molar-refractivity contribution in [2.45, 2.75) is 13.5 Å². The molecule has 0 N–H and O–H groups in total. The normalized spacial score (nSPS) is 10.3. The van der Waals surface area contributed by atoms with Crippen LogP contribution in [-0.2, 0) is 6.61 Å². The standard InChI is InChI=1S/C14H11F2O/c1-10-7-13(16)5-6-14(10)17-9-11-3-2-4-12(15)8-11/h2-6,8H,9H2,1H3. The zero-order valence-electron chi connectivity index (χ0n) is 9.34. The minimum Gasteiger partial charge on any atom is -0.489 e. The van der Waals surface area contributed by atoms with E-state index in [1.165, 1.54) is 18.2 Å². The van der Waals surface area contributed by atoms with Crippen molar-refractivity contribution in [3.63, 3.8) is 0 Å². The Balaban J connectivity index is 2.07. The van der Waals surface area contributed by atoms with Crippen LogP contribution in [0.4, 0.5) is 8.78 Å². The predicted octanol–water partition coefficient (Wildman–Crippen LogP) is 3.65. The molecule has 0 fully saturated rings. The summed E-state index contributed by atoms with van der Waals surface area (Å²) in [6, 6.07) is 11.5. The van der Waals surface area contributed by atoms with Gasteiger partial charge in [0.15, 0.2) is 0 Å². The fraction of sp³-hybridized carbons (Fsp3) is 0.143. The number of hydrogen-bond acceptors (Lipinski definition) is 1. The van der Waals surface area contributed by atoms with Gasteiger partial charge in [-0.05, 0) is 36.8 Å². The van der Waals surface area contributed by atoms with E-state index in [4.69, 9.17) is 4.74 Å². The highest BCUT2D eigenvalue weighted by molar-refractivity contribution is 5.32. The van der Waals surface area contributed by atoms with Gasteiger partial charge in [0.25, 0.3) is 0 Å². The third-order valence-electron chi connectivity index (χ3n) is 2.34. The largest absolute Gasteiger partial charge is 0.489 e. The number of halogens is 2. The first kappa shape index (κ1) is 11.6. The van der Waals surface area contributed by atoms with Crippen molar-refractivity contribution in [3.05, 3.63) is 65.2 Å². The van der Waals surface area contributed by atoms with Crippen LogP contribution in [0.15, 0.2) is 36.4 Å². The maximum Gasteiger partial charge on any atom is 0.131 e. The number of aryl methyl sites for hydroxylation is 1. The summed E-state index contributed by atoms with van der Waals surface area (Å²) in [6.07, 6.45) is 0. The first-order valence-electron chi connectivity index (χ1n) is 5.21. The Hall–Kier alpha value is -1.90. The number of rotatable bonds is 3. The second kappa shape index (κ2) is 4.95. The average molecular weight is 233 g/mol. The molecular weight excluding hydrogens is 222 g/mol. The van der Waals surface area contributed by atoms with Crippen molar-refractivity contribution < 1.29 is 13.5 Å². The molecule has 2 aromatic rings. The summed E-state index contributed by atoms with van der Waals surface area (Å²) in [6.45, 7) is 1.96. The van der Waals surface area contributed by atoms with Crippen molar-refractivity contribution in [2.24, 2.45) is 0 Å². The van der Waals surface area contributed by atoms with Crippen LogP contribution >= 0.6 is 0 Å². The molecule has 1 radical (unpaired) electrons. The van der Waals surface area contributed by atoms with Crippen LogP contribution in [0.25, 0.3) is 0 Å². The van der Waals surface area contributed by atoms with Crippen LogP contribution < -0.4 is 4.74 Å². The van der Waals surface area contributed by atoms with Crippen molar-refractivity contribution in [1.29, 1.82) is 0 Å². The molecule has 0 aliphatic carbocycles. The molecule has 0 bridgehead atoms. The SMILES string of the molecule is Cc1[c]c(F)ccc1OCc1cccc(F)c1. The fourth-order valence-corrected chi connectivity index (χ4v) is 1.50. The van der Waals surface area contributed by atoms with Crippen LogP contribution in [-0.4, -0.2) is 0 Å². The van der Waals surface area contributed by atoms with Gasteiger partial charge in [0.2, 0.25) is 0 Å². The molecule has 0 aliphatic rings. The Morgan fingerprint density at radius 3 is 2.71 bits per heavy atom. The highest BCUT2D eigenvalue weighted by Gasteiger charge is 2.02. The summed E-state index contributed by atoms with van der Waals surface area (Å²) in [5, 5.41) is 0. The van der Waals surface area contributed by atoms with E-state index in [0.29, 0.717) is 11.3 Å². The predicted molar refractivity (Wildman–Crippen MR) is 60.7 cm³/mol. The van der Waals surface area contributed by atoms with Gasteiger partial charge in [-0.3, -0.25) is 0 Å². The zero-order chi connectivity index (χ0) is 12.3. The van der Waals surface area contributed by atoms with Gasteiger partial charge in [-0.1, -0.05) is 12.1 Å². The molecule has 0 aliphatic heterocycles. The summed E-state index contributed by atoms with van der Waals surface area (Å²) in [5.41, 5.74) is 1.33. The van der Waals surface area contributed by atoms with Crippen LogP contribution in [0.3, 0.4) is 0 Å².